The van der Waals surface area contributed by atoms with E-state index in [9.17, 15) is 30.8 Å². The molecule has 34 heavy (non-hydrogen) atoms. The van der Waals surface area contributed by atoms with Crippen LogP contribution in [0.1, 0.15) is 11.1 Å². The van der Waals surface area contributed by atoms with Crippen molar-refractivity contribution in [3.63, 3.8) is 0 Å². The second kappa shape index (κ2) is 9.72. The van der Waals surface area contributed by atoms with Crippen molar-refractivity contribution in [1.29, 1.82) is 0 Å². The summed E-state index contributed by atoms with van der Waals surface area (Å²) in [5, 5.41) is 2.12. The molecule has 0 fully saturated rings. The van der Waals surface area contributed by atoms with Crippen LogP contribution in [0, 0.1) is 12.7 Å². The van der Waals surface area contributed by atoms with E-state index in [1.165, 1.54) is 25.3 Å². The van der Waals surface area contributed by atoms with Crippen molar-refractivity contribution >= 4 is 27.3 Å². The molecule has 180 valence electrons. The molecule has 6 nitrogen and oxygen atoms in total. The molecule has 0 radical (unpaired) electrons. The third-order valence-corrected chi connectivity index (χ3v) is 6.59. The molecular weight excluding hydrogens is 476 g/mol. The molecule has 0 spiro atoms. The van der Waals surface area contributed by atoms with Crippen molar-refractivity contribution in [2.75, 3.05) is 23.3 Å². The Balaban J connectivity index is 2.03. The maximum atomic E-state index is 13.6. The van der Waals surface area contributed by atoms with Crippen LogP contribution in [0.25, 0.3) is 0 Å². The van der Waals surface area contributed by atoms with Crippen molar-refractivity contribution in [1.82, 2.24) is 0 Å². The second-order valence-electron chi connectivity index (χ2n) is 7.23. The molecule has 0 saturated carbocycles. The monoisotopic (exact) mass is 496 g/mol. The van der Waals surface area contributed by atoms with Crippen LogP contribution in [0.2, 0.25) is 0 Å². The Morgan fingerprint density at radius 2 is 1.68 bits per heavy atom. The van der Waals surface area contributed by atoms with Gasteiger partial charge in [-0.1, -0.05) is 18.2 Å². The largest absolute Gasteiger partial charge is 0.495 e. The summed E-state index contributed by atoms with van der Waals surface area (Å²) in [7, 11) is -3.18. The fraction of sp³-hybridized carbons (Fsp3) is 0.174. The number of hydrogen-bond acceptors (Lipinski definition) is 4. The molecular formula is C23H20F4N2O4S. The van der Waals surface area contributed by atoms with Crippen LogP contribution in [0.15, 0.2) is 71.6 Å². The molecule has 0 aliphatic carbocycles. The number of amides is 1. The van der Waals surface area contributed by atoms with Gasteiger partial charge in [-0.25, -0.2) is 12.8 Å². The number of nitrogens with zero attached hydrogens (tertiary/aromatic N) is 1. The third kappa shape index (κ3) is 5.48. The average molecular weight is 496 g/mol. The predicted molar refractivity (Wildman–Crippen MR) is 119 cm³/mol. The van der Waals surface area contributed by atoms with E-state index in [2.05, 4.69) is 5.32 Å². The molecule has 0 bridgehead atoms. The molecule has 0 atom stereocenters. The quantitative estimate of drug-likeness (QED) is 0.468. The number of rotatable bonds is 7. The lowest BCUT2D eigenvalue weighted by Gasteiger charge is -2.25. The number of sulfonamides is 1. The van der Waals surface area contributed by atoms with Gasteiger partial charge in [-0.05, 0) is 61.0 Å². The van der Waals surface area contributed by atoms with Crippen LogP contribution in [0.3, 0.4) is 0 Å². The van der Waals surface area contributed by atoms with Crippen LogP contribution >= 0.6 is 0 Å². The van der Waals surface area contributed by atoms with E-state index in [1.807, 2.05) is 0 Å². The van der Waals surface area contributed by atoms with Crippen LogP contribution in [-0.4, -0.2) is 28.0 Å². The Kier molecular flexibility index (Phi) is 7.15. The summed E-state index contributed by atoms with van der Waals surface area (Å²) < 4.78 is 86.3. The predicted octanol–water partition coefficient (Wildman–Crippen LogP) is 5.00. The minimum Gasteiger partial charge on any atom is -0.495 e. The fourth-order valence-corrected chi connectivity index (χ4v) is 4.85. The Morgan fingerprint density at radius 1 is 1.03 bits per heavy atom. The van der Waals surface area contributed by atoms with Gasteiger partial charge in [0.1, 0.15) is 23.0 Å². The summed E-state index contributed by atoms with van der Waals surface area (Å²) in [5.74, 6) is -1.67. The van der Waals surface area contributed by atoms with Crippen molar-refractivity contribution in [3.8, 4) is 5.75 Å². The first-order chi connectivity index (χ1) is 15.9. The van der Waals surface area contributed by atoms with Crippen molar-refractivity contribution in [2.24, 2.45) is 0 Å². The van der Waals surface area contributed by atoms with Gasteiger partial charge in [0.2, 0.25) is 5.91 Å². The maximum Gasteiger partial charge on any atom is 0.418 e. The van der Waals surface area contributed by atoms with E-state index >= 15 is 0 Å². The topological polar surface area (TPSA) is 75.7 Å². The minimum absolute atomic E-state index is 0.000497. The number of nitrogens with one attached hydrogen (secondary N) is 1. The summed E-state index contributed by atoms with van der Waals surface area (Å²) in [6.45, 7) is 0.777. The lowest BCUT2D eigenvalue weighted by atomic mass is 10.1. The number of ether oxygens (including phenoxy) is 1. The van der Waals surface area contributed by atoms with Crippen LogP contribution < -0.4 is 14.4 Å². The molecule has 0 heterocycles. The first-order valence-corrected chi connectivity index (χ1v) is 11.3. The number of para-hydroxylation sites is 1. The molecule has 1 N–H and O–H groups in total. The van der Waals surface area contributed by atoms with Crippen LogP contribution in [-0.2, 0) is 21.0 Å². The van der Waals surface area contributed by atoms with E-state index < -0.39 is 45.7 Å². The lowest BCUT2D eigenvalue weighted by molar-refractivity contribution is -0.137. The summed E-state index contributed by atoms with van der Waals surface area (Å²) in [5.41, 5.74) is -1.09. The van der Waals surface area contributed by atoms with Gasteiger partial charge in [-0.15, -0.1) is 0 Å². The van der Waals surface area contributed by atoms with E-state index in [0.717, 1.165) is 42.5 Å². The van der Waals surface area contributed by atoms with Gasteiger partial charge in [0.15, 0.2) is 0 Å². The highest BCUT2D eigenvalue weighted by Crippen LogP contribution is 2.35. The summed E-state index contributed by atoms with van der Waals surface area (Å²) in [6.07, 6.45) is -4.73. The standard InChI is InChI=1S/C23H20F4N2O4S/c1-15-7-12-20(33-2)21(13-15)34(31,32)29(17-10-8-16(24)9-11-17)14-22(30)28-19-6-4-3-5-18(19)23(25,26)27/h3-13H,14H2,1-2H3,(H,28,30). The molecule has 0 unspecified atom stereocenters. The number of aryl methyl sites for hydroxylation is 1. The van der Waals surface area contributed by atoms with E-state index in [4.69, 9.17) is 4.74 Å². The van der Waals surface area contributed by atoms with Crippen molar-refractivity contribution in [2.45, 2.75) is 18.0 Å². The van der Waals surface area contributed by atoms with Crippen molar-refractivity contribution in [3.05, 3.63) is 83.7 Å². The average Bonchev–Trinajstić information content (AvgIpc) is 2.77. The van der Waals surface area contributed by atoms with Gasteiger partial charge >= 0.3 is 6.18 Å². The summed E-state index contributed by atoms with van der Waals surface area (Å²) in [4.78, 5) is 12.5. The number of carbonyl (C=O) groups excluding carboxylic acids is 1. The Labute approximate surface area is 193 Å². The smallest absolute Gasteiger partial charge is 0.418 e. The molecule has 3 rings (SSSR count). The van der Waals surface area contributed by atoms with E-state index in [1.54, 1.807) is 13.0 Å². The highest BCUT2D eigenvalue weighted by molar-refractivity contribution is 7.93. The molecule has 3 aromatic rings. The van der Waals surface area contributed by atoms with Gasteiger partial charge < -0.3 is 10.1 Å². The van der Waals surface area contributed by atoms with Gasteiger partial charge in [-0.2, -0.15) is 13.2 Å². The number of anilines is 2. The number of methoxy groups -OCH3 is 1. The zero-order chi connectivity index (χ0) is 25.1. The van der Waals surface area contributed by atoms with Crippen LogP contribution in [0.4, 0.5) is 28.9 Å². The third-order valence-electron chi connectivity index (χ3n) is 4.80. The first kappa shape index (κ1) is 25.0. The maximum absolute atomic E-state index is 13.6. The number of alkyl halides is 3. The SMILES string of the molecule is COc1ccc(C)cc1S(=O)(=O)N(CC(=O)Nc1ccccc1C(F)(F)F)c1ccc(F)cc1. The number of carbonyl (C=O) groups is 1. The summed E-state index contributed by atoms with van der Waals surface area (Å²) in [6, 6.07) is 13.0. The van der Waals surface area contributed by atoms with E-state index in [-0.39, 0.29) is 16.3 Å². The molecule has 11 heteroatoms. The number of benzene rings is 3. The Morgan fingerprint density at radius 3 is 2.29 bits per heavy atom. The van der Waals surface area contributed by atoms with Gasteiger partial charge in [0.05, 0.1) is 24.0 Å². The Hall–Kier alpha value is -3.60. The van der Waals surface area contributed by atoms with E-state index in [0.29, 0.717) is 9.87 Å². The van der Waals surface area contributed by atoms with Gasteiger partial charge in [-0.3, -0.25) is 9.10 Å². The molecule has 0 aliphatic rings. The number of hydrogen-bond donors (Lipinski definition) is 1. The minimum atomic E-state index is -4.73. The zero-order valence-electron chi connectivity index (χ0n) is 18.1. The normalized spacial score (nSPS) is 11.7. The highest BCUT2D eigenvalue weighted by atomic mass is 32.2. The molecule has 0 aliphatic heterocycles. The zero-order valence-corrected chi connectivity index (χ0v) is 18.9. The number of halogens is 4. The lowest BCUT2D eigenvalue weighted by Crippen LogP contribution is -2.38. The van der Waals surface area contributed by atoms with Crippen molar-refractivity contribution < 1.29 is 35.5 Å². The molecule has 0 saturated heterocycles. The summed E-state index contributed by atoms with van der Waals surface area (Å²) >= 11 is 0. The van der Waals surface area contributed by atoms with Gasteiger partial charge in [0.25, 0.3) is 10.0 Å². The fourth-order valence-electron chi connectivity index (χ4n) is 3.19. The van der Waals surface area contributed by atoms with Crippen LogP contribution in [0.5, 0.6) is 5.75 Å². The second-order valence-corrected chi connectivity index (χ2v) is 9.06. The molecule has 3 aromatic carbocycles. The molecule has 0 aromatic heterocycles. The molecule has 1 amide bonds. The Bertz CT molecular complexity index is 1290. The first-order valence-electron chi connectivity index (χ1n) is 9.82. The van der Waals surface area contributed by atoms with Gasteiger partial charge in [0, 0.05) is 0 Å². The highest BCUT2D eigenvalue weighted by Gasteiger charge is 2.34.